The third kappa shape index (κ3) is 4.41. The van der Waals surface area contributed by atoms with E-state index in [0.29, 0.717) is 18.2 Å². The molecule has 2 nitrogen and oxygen atoms in total. The van der Waals surface area contributed by atoms with Gasteiger partial charge < -0.3 is 5.73 Å². The van der Waals surface area contributed by atoms with Crippen molar-refractivity contribution >= 4 is 5.78 Å². The maximum Gasteiger partial charge on any atom is 0.140 e. The van der Waals surface area contributed by atoms with Crippen LogP contribution in [0.3, 0.4) is 0 Å². The second kappa shape index (κ2) is 6.14. The van der Waals surface area contributed by atoms with Gasteiger partial charge >= 0.3 is 0 Å². The van der Waals surface area contributed by atoms with E-state index in [1.54, 1.807) is 0 Å². The van der Waals surface area contributed by atoms with Crippen LogP contribution < -0.4 is 5.73 Å². The molecule has 2 unspecified atom stereocenters. The standard InChI is InChI=1S/C11H23NO/c1-5-9(4)11(13)10(7-12)6-8(2)3/h8-10H,5-7,12H2,1-4H3. The van der Waals surface area contributed by atoms with E-state index in [9.17, 15) is 4.79 Å². The van der Waals surface area contributed by atoms with Crippen LogP contribution in [0.2, 0.25) is 0 Å². The average Bonchev–Trinajstić information content (AvgIpc) is 2.11. The molecule has 78 valence electrons. The smallest absolute Gasteiger partial charge is 0.140 e. The van der Waals surface area contributed by atoms with Gasteiger partial charge in [-0.25, -0.2) is 0 Å². The summed E-state index contributed by atoms with van der Waals surface area (Å²) < 4.78 is 0. The summed E-state index contributed by atoms with van der Waals surface area (Å²) in [7, 11) is 0. The molecule has 0 aliphatic heterocycles. The molecular formula is C11H23NO. The van der Waals surface area contributed by atoms with Gasteiger partial charge in [-0.15, -0.1) is 0 Å². The van der Waals surface area contributed by atoms with Gasteiger partial charge in [0.2, 0.25) is 0 Å². The summed E-state index contributed by atoms with van der Waals surface area (Å²) in [6.07, 6.45) is 1.85. The van der Waals surface area contributed by atoms with Crippen LogP contribution >= 0.6 is 0 Å². The summed E-state index contributed by atoms with van der Waals surface area (Å²) in [5.41, 5.74) is 5.59. The predicted octanol–water partition coefficient (Wildman–Crippen LogP) is 2.22. The van der Waals surface area contributed by atoms with Gasteiger partial charge in [0.05, 0.1) is 0 Å². The first-order chi connectivity index (χ1) is 6.02. The first-order valence-electron chi connectivity index (χ1n) is 5.26. The molecule has 0 saturated heterocycles. The average molecular weight is 185 g/mol. The van der Waals surface area contributed by atoms with Crippen LogP contribution in [0.5, 0.6) is 0 Å². The van der Waals surface area contributed by atoms with Crippen molar-refractivity contribution in [3.63, 3.8) is 0 Å². The van der Waals surface area contributed by atoms with Crippen LogP contribution in [0.15, 0.2) is 0 Å². The Morgan fingerprint density at radius 1 is 1.31 bits per heavy atom. The Morgan fingerprint density at radius 2 is 1.85 bits per heavy atom. The van der Waals surface area contributed by atoms with Crippen molar-refractivity contribution in [2.75, 3.05) is 6.54 Å². The van der Waals surface area contributed by atoms with Gasteiger partial charge in [-0.1, -0.05) is 27.7 Å². The molecule has 2 heteroatoms. The van der Waals surface area contributed by atoms with Gasteiger partial charge in [-0.3, -0.25) is 4.79 Å². The van der Waals surface area contributed by atoms with Crippen molar-refractivity contribution in [1.29, 1.82) is 0 Å². The summed E-state index contributed by atoms with van der Waals surface area (Å²) in [4.78, 5) is 11.8. The van der Waals surface area contributed by atoms with Crippen LogP contribution in [-0.2, 0) is 4.79 Å². The van der Waals surface area contributed by atoms with Gasteiger partial charge in [0.1, 0.15) is 5.78 Å². The number of nitrogens with two attached hydrogens (primary N) is 1. The monoisotopic (exact) mass is 185 g/mol. The summed E-state index contributed by atoms with van der Waals surface area (Å²) >= 11 is 0. The highest BCUT2D eigenvalue weighted by Crippen LogP contribution is 2.17. The van der Waals surface area contributed by atoms with Crippen LogP contribution in [0.25, 0.3) is 0 Å². The fourth-order valence-corrected chi connectivity index (χ4v) is 1.50. The minimum absolute atomic E-state index is 0.0787. The van der Waals surface area contributed by atoms with Crippen LogP contribution in [0.1, 0.15) is 40.5 Å². The third-order valence-corrected chi connectivity index (χ3v) is 2.54. The fourth-order valence-electron chi connectivity index (χ4n) is 1.50. The number of ketones is 1. The van der Waals surface area contributed by atoms with E-state index < -0.39 is 0 Å². The van der Waals surface area contributed by atoms with Crippen molar-refractivity contribution in [3.8, 4) is 0 Å². The lowest BCUT2D eigenvalue weighted by atomic mass is 9.86. The Balaban J connectivity index is 4.14. The minimum atomic E-state index is 0.0787. The van der Waals surface area contributed by atoms with Crippen molar-refractivity contribution in [2.45, 2.75) is 40.5 Å². The zero-order valence-electron chi connectivity index (χ0n) is 9.34. The van der Waals surface area contributed by atoms with Crippen LogP contribution in [0, 0.1) is 17.8 Å². The van der Waals surface area contributed by atoms with E-state index in [0.717, 1.165) is 12.8 Å². The molecule has 13 heavy (non-hydrogen) atoms. The molecule has 0 fully saturated rings. The molecule has 0 aliphatic carbocycles. The zero-order valence-corrected chi connectivity index (χ0v) is 9.34. The molecule has 0 aliphatic rings. The molecule has 0 aromatic rings. The molecule has 0 amide bonds. The van der Waals surface area contributed by atoms with E-state index in [2.05, 4.69) is 13.8 Å². The lowest BCUT2D eigenvalue weighted by Gasteiger charge is -2.19. The van der Waals surface area contributed by atoms with E-state index in [-0.39, 0.29) is 11.8 Å². The molecule has 0 aromatic carbocycles. The third-order valence-electron chi connectivity index (χ3n) is 2.54. The molecule has 0 rings (SSSR count). The fraction of sp³-hybridized carbons (Fsp3) is 0.909. The van der Waals surface area contributed by atoms with Gasteiger partial charge in [0.15, 0.2) is 0 Å². The maximum absolute atomic E-state index is 11.8. The number of Topliss-reactive ketones (excluding diaryl/α,β-unsaturated/α-hetero) is 1. The number of hydrogen-bond donors (Lipinski definition) is 1. The molecule has 0 saturated carbocycles. The summed E-state index contributed by atoms with van der Waals surface area (Å²) in [5.74, 6) is 1.16. The molecule has 0 bridgehead atoms. The van der Waals surface area contributed by atoms with E-state index in [1.807, 2.05) is 13.8 Å². The van der Waals surface area contributed by atoms with Crippen LogP contribution in [0.4, 0.5) is 0 Å². The van der Waals surface area contributed by atoms with E-state index >= 15 is 0 Å². The van der Waals surface area contributed by atoms with Crippen molar-refractivity contribution in [2.24, 2.45) is 23.5 Å². The second-order valence-electron chi connectivity index (χ2n) is 4.27. The first kappa shape index (κ1) is 12.6. The Morgan fingerprint density at radius 3 is 2.15 bits per heavy atom. The largest absolute Gasteiger partial charge is 0.330 e. The molecule has 2 atom stereocenters. The normalized spacial score (nSPS) is 15.8. The molecule has 2 N–H and O–H groups in total. The molecule has 0 radical (unpaired) electrons. The van der Waals surface area contributed by atoms with Crippen molar-refractivity contribution in [3.05, 3.63) is 0 Å². The van der Waals surface area contributed by atoms with Crippen molar-refractivity contribution < 1.29 is 4.79 Å². The zero-order chi connectivity index (χ0) is 10.4. The summed E-state index contributed by atoms with van der Waals surface area (Å²) in [6.45, 7) is 8.80. The number of rotatable bonds is 6. The van der Waals surface area contributed by atoms with Gasteiger partial charge in [0.25, 0.3) is 0 Å². The number of carbonyl (C=O) groups excluding carboxylic acids is 1. The Bertz CT molecular complexity index is 154. The molecular weight excluding hydrogens is 162 g/mol. The van der Waals surface area contributed by atoms with E-state index in [4.69, 9.17) is 5.73 Å². The second-order valence-corrected chi connectivity index (χ2v) is 4.27. The Kier molecular flexibility index (Phi) is 5.97. The summed E-state index contributed by atoms with van der Waals surface area (Å²) in [5, 5.41) is 0. The quantitative estimate of drug-likeness (QED) is 0.689. The number of carbonyl (C=O) groups is 1. The maximum atomic E-state index is 11.8. The summed E-state index contributed by atoms with van der Waals surface area (Å²) in [6, 6.07) is 0. The highest BCUT2D eigenvalue weighted by Gasteiger charge is 2.21. The van der Waals surface area contributed by atoms with E-state index in [1.165, 1.54) is 0 Å². The Hall–Kier alpha value is -0.370. The Labute approximate surface area is 81.9 Å². The minimum Gasteiger partial charge on any atom is -0.330 e. The lowest BCUT2D eigenvalue weighted by molar-refractivity contribution is -0.126. The van der Waals surface area contributed by atoms with Gasteiger partial charge in [0, 0.05) is 18.4 Å². The topological polar surface area (TPSA) is 43.1 Å². The molecule has 0 heterocycles. The van der Waals surface area contributed by atoms with Crippen LogP contribution in [-0.4, -0.2) is 12.3 Å². The predicted molar refractivity (Wildman–Crippen MR) is 56.5 cm³/mol. The highest BCUT2D eigenvalue weighted by atomic mass is 16.1. The van der Waals surface area contributed by atoms with Crippen molar-refractivity contribution in [1.82, 2.24) is 0 Å². The highest BCUT2D eigenvalue weighted by molar-refractivity contribution is 5.83. The van der Waals surface area contributed by atoms with Gasteiger partial charge in [-0.05, 0) is 18.8 Å². The lowest BCUT2D eigenvalue weighted by Crippen LogP contribution is -2.29. The first-order valence-corrected chi connectivity index (χ1v) is 5.26. The van der Waals surface area contributed by atoms with Gasteiger partial charge in [-0.2, -0.15) is 0 Å². The molecule has 0 spiro atoms. The number of hydrogen-bond acceptors (Lipinski definition) is 2. The SMILES string of the molecule is CCC(C)C(=O)C(CN)CC(C)C. The molecule has 0 aromatic heterocycles.